The number of aromatic nitrogens is 1. The monoisotopic (exact) mass is 333 g/mol. The summed E-state index contributed by atoms with van der Waals surface area (Å²) in [5, 5.41) is 9.17. The largest absolute Gasteiger partial charge is 0.465 e. The normalized spacial score (nSPS) is 17.6. The number of sulfonamides is 1. The van der Waals surface area contributed by atoms with Gasteiger partial charge in [-0.2, -0.15) is 4.31 Å². The minimum absolute atomic E-state index is 0.0944. The van der Waals surface area contributed by atoms with E-state index in [1.165, 1.54) is 34.6 Å². The van der Waals surface area contributed by atoms with Crippen molar-refractivity contribution < 1.29 is 18.3 Å². The van der Waals surface area contributed by atoms with Crippen LogP contribution in [0.1, 0.15) is 12.8 Å². The van der Waals surface area contributed by atoms with Crippen LogP contribution in [-0.2, 0) is 10.0 Å². The molecule has 0 aliphatic carbocycles. The number of amides is 1. The van der Waals surface area contributed by atoms with Crippen molar-refractivity contribution >= 4 is 27.7 Å². The van der Waals surface area contributed by atoms with E-state index in [9.17, 15) is 13.2 Å². The van der Waals surface area contributed by atoms with Gasteiger partial charge in [-0.1, -0.05) is 11.6 Å². The standard InChI is InChI=1S/C12H16ClN3O4S/c1-15(12(17)18)9-4-6-16(7-5-9)21(19,20)10-2-3-11(13)14-8-10/h2-3,8-9H,4-7H2,1H3,(H,17,18). The zero-order chi connectivity index (χ0) is 15.6. The number of hydrogen-bond acceptors (Lipinski definition) is 4. The van der Waals surface area contributed by atoms with Crippen molar-refractivity contribution in [2.24, 2.45) is 0 Å². The maximum absolute atomic E-state index is 12.4. The minimum Gasteiger partial charge on any atom is -0.465 e. The molecule has 9 heteroatoms. The molecule has 1 aromatic heterocycles. The molecule has 0 aromatic carbocycles. The number of pyridine rings is 1. The van der Waals surface area contributed by atoms with Gasteiger partial charge in [0.15, 0.2) is 0 Å². The fourth-order valence-electron chi connectivity index (χ4n) is 2.29. The van der Waals surface area contributed by atoms with Gasteiger partial charge in [-0.3, -0.25) is 0 Å². The summed E-state index contributed by atoms with van der Waals surface area (Å²) in [4.78, 5) is 16.0. The van der Waals surface area contributed by atoms with E-state index in [4.69, 9.17) is 16.7 Å². The number of carbonyl (C=O) groups is 1. The van der Waals surface area contributed by atoms with Gasteiger partial charge in [-0.15, -0.1) is 0 Å². The van der Waals surface area contributed by atoms with Gasteiger partial charge >= 0.3 is 6.09 Å². The van der Waals surface area contributed by atoms with Crippen molar-refractivity contribution in [1.29, 1.82) is 0 Å². The highest BCUT2D eigenvalue weighted by molar-refractivity contribution is 7.89. The molecule has 1 fully saturated rings. The first kappa shape index (κ1) is 16.0. The lowest BCUT2D eigenvalue weighted by Crippen LogP contribution is -2.46. The van der Waals surface area contributed by atoms with E-state index >= 15 is 0 Å². The molecule has 0 saturated carbocycles. The highest BCUT2D eigenvalue weighted by Crippen LogP contribution is 2.23. The highest BCUT2D eigenvalue weighted by Gasteiger charge is 2.32. The van der Waals surface area contributed by atoms with E-state index in [2.05, 4.69) is 4.98 Å². The lowest BCUT2D eigenvalue weighted by atomic mass is 10.1. The number of piperidine rings is 1. The van der Waals surface area contributed by atoms with Crippen LogP contribution in [-0.4, -0.2) is 60.0 Å². The van der Waals surface area contributed by atoms with Crippen molar-refractivity contribution in [3.63, 3.8) is 0 Å². The second-order valence-electron chi connectivity index (χ2n) is 4.85. The van der Waals surface area contributed by atoms with E-state index < -0.39 is 16.1 Å². The second kappa shape index (κ2) is 6.17. The van der Waals surface area contributed by atoms with Crippen LogP contribution in [0, 0.1) is 0 Å². The van der Waals surface area contributed by atoms with Crippen molar-refractivity contribution in [2.45, 2.75) is 23.8 Å². The van der Waals surface area contributed by atoms with Gasteiger partial charge in [-0.25, -0.2) is 18.2 Å². The van der Waals surface area contributed by atoms with Crippen molar-refractivity contribution in [1.82, 2.24) is 14.2 Å². The van der Waals surface area contributed by atoms with Gasteiger partial charge in [0.1, 0.15) is 10.0 Å². The third kappa shape index (κ3) is 3.45. The van der Waals surface area contributed by atoms with E-state index in [0.29, 0.717) is 12.8 Å². The first-order valence-electron chi connectivity index (χ1n) is 6.40. The molecule has 1 saturated heterocycles. The predicted octanol–water partition coefficient (Wildman–Crippen LogP) is 1.50. The molecule has 1 amide bonds. The zero-order valence-corrected chi connectivity index (χ0v) is 13.0. The maximum Gasteiger partial charge on any atom is 0.407 e. The molecule has 2 rings (SSSR count). The average Bonchev–Trinajstić information content (AvgIpc) is 2.47. The van der Waals surface area contributed by atoms with Crippen LogP contribution in [0.25, 0.3) is 0 Å². The highest BCUT2D eigenvalue weighted by atomic mass is 35.5. The third-order valence-corrected chi connectivity index (χ3v) is 5.72. The van der Waals surface area contributed by atoms with Crippen molar-refractivity contribution in [2.75, 3.05) is 20.1 Å². The molecule has 2 heterocycles. The van der Waals surface area contributed by atoms with Gasteiger partial charge in [0.2, 0.25) is 10.0 Å². The third-order valence-electron chi connectivity index (χ3n) is 3.61. The summed E-state index contributed by atoms with van der Waals surface area (Å²) in [6, 6.07) is 2.69. The topological polar surface area (TPSA) is 90.8 Å². The lowest BCUT2D eigenvalue weighted by Gasteiger charge is -2.34. The van der Waals surface area contributed by atoms with Gasteiger partial charge in [-0.05, 0) is 25.0 Å². The summed E-state index contributed by atoms with van der Waals surface area (Å²) in [5.74, 6) is 0. The molecule has 1 N–H and O–H groups in total. The quantitative estimate of drug-likeness (QED) is 0.846. The number of nitrogens with zero attached hydrogens (tertiary/aromatic N) is 3. The van der Waals surface area contributed by atoms with Gasteiger partial charge < -0.3 is 10.0 Å². The van der Waals surface area contributed by atoms with Crippen LogP contribution in [0.2, 0.25) is 5.15 Å². The van der Waals surface area contributed by atoms with Gasteiger partial charge in [0.25, 0.3) is 0 Å². The summed E-state index contributed by atoms with van der Waals surface area (Å²) in [7, 11) is -2.10. The molecule has 7 nitrogen and oxygen atoms in total. The van der Waals surface area contributed by atoms with Crippen LogP contribution < -0.4 is 0 Å². The molecule has 21 heavy (non-hydrogen) atoms. The summed E-state index contributed by atoms with van der Waals surface area (Å²) in [5.41, 5.74) is 0. The molecule has 0 atom stereocenters. The summed E-state index contributed by atoms with van der Waals surface area (Å²) < 4.78 is 26.2. The smallest absolute Gasteiger partial charge is 0.407 e. The Morgan fingerprint density at radius 3 is 2.52 bits per heavy atom. The summed E-state index contributed by atoms with van der Waals surface area (Å²) in [6.07, 6.45) is 1.18. The van der Waals surface area contributed by atoms with E-state index in [0.717, 1.165) is 0 Å². The van der Waals surface area contributed by atoms with Crippen LogP contribution in [0.3, 0.4) is 0 Å². The first-order chi connectivity index (χ1) is 9.82. The van der Waals surface area contributed by atoms with Crippen LogP contribution >= 0.6 is 11.6 Å². The zero-order valence-electron chi connectivity index (χ0n) is 11.4. The van der Waals surface area contributed by atoms with Crippen molar-refractivity contribution in [3.8, 4) is 0 Å². The molecule has 116 valence electrons. The van der Waals surface area contributed by atoms with Crippen LogP contribution in [0.15, 0.2) is 23.2 Å². The molecule has 0 radical (unpaired) electrons. The Labute approximate surface area is 128 Å². The molecule has 1 aliphatic rings. The van der Waals surface area contributed by atoms with E-state index in [-0.39, 0.29) is 29.2 Å². The SMILES string of the molecule is CN(C(=O)O)C1CCN(S(=O)(=O)c2ccc(Cl)nc2)CC1. The molecule has 0 spiro atoms. The summed E-state index contributed by atoms with van der Waals surface area (Å²) >= 11 is 5.65. The minimum atomic E-state index is -3.60. The number of rotatable bonds is 3. The fraction of sp³-hybridized carbons (Fsp3) is 0.500. The van der Waals surface area contributed by atoms with Crippen molar-refractivity contribution in [3.05, 3.63) is 23.5 Å². The average molecular weight is 334 g/mol. The number of carboxylic acid groups (broad SMARTS) is 1. The molecule has 0 bridgehead atoms. The first-order valence-corrected chi connectivity index (χ1v) is 8.21. The molecular weight excluding hydrogens is 318 g/mol. The van der Waals surface area contributed by atoms with Gasteiger partial charge in [0.05, 0.1) is 0 Å². The molecule has 1 aromatic rings. The number of halogens is 1. The second-order valence-corrected chi connectivity index (χ2v) is 7.17. The molecule has 1 aliphatic heterocycles. The molecular formula is C12H16ClN3O4S. The Morgan fingerprint density at radius 2 is 2.05 bits per heavy atom. The van der Waals surface area contributed by atoms with E-state index in [1.54, 1.807) is 0 Å². The Kier molecular flexibility index (Phi) is 4.70. The van der Waals surface area contributed by atoms with E-state index in [1.807, 2.05) is 0 Å². The van der Waals surface area contributed by atoms with Gasteiger partial charge in [0, 0.05) is 32.4 Å². The Morgan fingerprint density at radius 1 is 1.43 bits per heavy atom. The van der Waals surface area contributed by atoms with Crippen LogP contribution in [0.5, 0.6) is 0 Å². The number of hydrogen-bond donors (Lipinski definition) is 1. The van der Waals surface area contributed by atoms with Crippen LogP contribution in [0.4, 0.5) is 4.79 Å². The molecule has 0 unspecified atom stereocenters. The Bertz CT molecular complexity index is 612. The lowest BCUT2D eigenvalue weighted by molar-refractivity contribution is 0.120. The Balaban J connectivity index is 2.07. The Hall–Kier alpha value is -1.38. The fourth-order valence-corrected chi connectivity index (χ4v) is 3.82. The maximum atomic E-state index is 12.4. The predicted molar refractivity (Wildman–Crippen MR) is 76.8 cm³/mol. The summed E-state index contributed by atoms with van der Waals surface area (Å²) in [6.45, 7) is 0.570.